The number of phosphoric acid groups is 2. The standard InChI is InChI=1S/C6H15O12P3/c7-1-2(8)4(16-19)6(18-21(13,14)15)5(3(1)9)17-20(10,11)12/h1-9H,19H2,(H2,10,11,12)(H2,13,14,15). The Morgan fingerprint density at radius 2 is 1.10 bits per heavy atom. The van der Waals surface area contributed by atoms with Crippen molar-refractivity contribution in [2.24, 2.45) is 0 Å². The van der Waals surface area contributed by atoms with Crippen LogP contribution in [0.2, 0.25) is 0 Å². The molecule has 21 heavy (non-hydrogen) atoms. The van der Waals surface area contributed by atoms with Gasteiger partial charge in [0.2, 0.25) is 0 Å². The van der Waals surface area contributed by atoms with Crippen molar-refractivity contribution < 1.29 is 57.6 Å². The Kier molecular flexibility index (Phi) is 6.46. The van der Waals surface area contributed by atoms with Crippen LogP contribution in [0.4, 0.5) is 0 Å². The van der Waals surface area contributed by atoms with E-state index in [1.807, 2.05) is 0 Å². The van der Waals surface area contributed by atoms with E-state index in [9.17, 15) is 24.4 Å². The lowest BCUT2D eigenvalue weighted by atomic mass is 9.85. The van der Waals surface area contributed by atoms with Crippen molar-refractivity contribution >= 4 is 25.1 Å². The van der Waals surface area contributed by atoms with Crippen LogP contribution in [-0.2, 0) is 22.7 Å². The Labute approximate surface area is 120 Å². The minimum atomic E-state index is -5.21. The van der Waals surface area contributed by atoms with Crippen molar-refractivity contribution in [3.8, 4) is 0 Å². The first-order valence-electron chi connectivity index (χ1n) is 5.25. The van der Waals surface area contributed by atoms with Gasteiger partial charge in [0.15, 0.2) is 0 Å². The van der Waals surface area contributed by atoms with Crippen LogP contribution in [0.25, 0.3) is 0 Å². The molecule has 1 aliphatic rings. The topological polar surface area (TPSA) is 203 Å². The molecule has 0 bridgehead atoms. The summed E-state index contributed by atoms with van der Waals surface area (Å²) in [5, 5.41) is 28.9. The predicted molar refractivity (Wildman–Crippen MR) is 66.4 cm³/mol. The van der Waals surface area contributed by atoms with E-state index in [2.05, 4.69) is 13.6 Å². The third kappa shape index (κ3) is 5.26. The van der Waals surface area contributed by atoms with Gasteiger partial charge in [-0.1, -0.05) is 0 Å². The summed E-state index contributed by atoms with van der Waals surface area (Å²) in [6.07, 6.45) is -11.6. The van der Waals surface area contributed by atoms with Crippen molar-refractivity contribution in [3.63, 3.8) is 0 Å². The van der Waals surface area contributed by atoms with Crippen LogP contribution in [0.1, 0.15) is 0 Å². The number of rotatable bonds is 5. The van der Waals surface area contributed by atoms with E-state index in [4.69, 9.17) is 19.6 Å². The summed E-state index contributed by atoms with van der Waals surface area (Å²) in [6.45, 7) is 0. The molecule has 0 heterocycles. The molecule has 15 heteroatoms. The zero-order valence-electron chi connectivity index (χ0n) is 10.1. The molecule has 1 rings (SSSR count). The molecule has 1 saturated carbocycles. The molecule has 0 radical (unpaired) electrons. The second-order valence-corrected chi connectivity index (χ2v) is 6.85. The highest BCUT2D eigenvalue weighted by Gasteiger charge is 2.54. The maximum Gasteiger partial charge on any atom is 0.470 e. The Bertz CT molecular complexity index is 444. The van der Waals surface area contributed by atoms with Crippen molar-refractivity contribution in [1.29, 1.82) is 0 Å². The van der Waals surface area contributed by atoms with Crippen LogP contribution >= 0.6 is 25.1 Å². The van der Waals surface area contributed by atoms with Crippen molar-refractivity contribution in [2.45, 2.75) is 36.6 Å². The Hall–Kier alpha value is 0.490. The van der Waals surface area contributed by atoms with E-state index in [1.165, 1.54) is 0 Å². The van der Waals surface area contributed by atoms with Gasteiger partial charge in [0.25, 0.3) is 0 Å². The second kappa shape index (κ2) is 6.94. The molecule has 0 spiro atoms. The minimum absolute atomic E-state index is 1.62. The van der Waals surface area contributed by atoms with Crippen LogP contribution in [0.3, 0.4) is 0 Å². The number of hydrogen-bond acceptors (Lipinski definition) is 8. The predicted octanol–water partition coefficient (Wildman–Crippen LogP) is -2.79. The van der Waals surface area contributed by atoms with E-state index in [-0.39, 0.29) is 0 Å². The fourth-order valence-corrected chi connectivity index (χ4v) is 3.32. The summed E-state index contributed by atoms with van der Waals surface area (Å²) in [6, 6.07) is 0. The summed E-state index contributed by atoms with van der Waals surface area (Å²) < 4.78 is 34.8. The summed E-state index contributed by atoms with van der Waals surface area (Å²) in [5.41, 5.74) is 0. The van der Waals surface area contributed by atoms with Gasteiger partial charge in [-0.15, -0.1) is 0 Å². The van der Waals surface area contributed by atoms with Crippen LogP contribution in [-0.4, -0.2) is 71.5 Å². The summed E-state index contributed by atoms with van der Waals surface area (Å²) in [4.78, 5) is 35.1. The summed E-state index contributed by atoms with van der Waals surface area (Å²) in [7, 11) is -8.77. The highest BCUT2D eigenvalue weighted by molar-refractivity contribution is 7.46. The van der Waals surface area contributed by atoms with Gasteiger partial charge in [0.05, 0.1) is 0 Å². The average molecular weight is 372 g/mol. The third-order valence-corrected chi connectivity index (χ3v) is 4.05. The monoisotopic (exact) mass is 372 g/mol. The van der Waals surface area contributed by atoms with Gasteiger partial charge in [-0.05, 0) is 0 Å². The quantitative estimate of drug-likeness (QED) is 0.245. The van der Waals surface area contributed by atoms with Crippen LogP contribution < -0.4 is 0 Å². The highest BCUT2D eigenvalue weighted by Crippen LogP contribution is 2.47. The molecule has 1 aliphatic carbocycles. The molecule has 0 amide bonds. The normalized spacial score (nSPS) is 38.5. The highest BCUT2D eigenvalue weighted by atomic mass is 31.2. The third-order valence-electron chi connectivity index (χ3n) is 2.70. The molecular formula is C6H15O12P3. The van der Waals surface area contributed by atoms with Crippen molar-refractivity contribution in [1.82, 2.24) is 0 Å². The lowest BCUT2D eigenvalue weighted by molar-refractivity contribution is -0.207. The Balaban J connectivity index is 3.17. The molecule has 0 saturated heterocycles. The minimum Gasteiger partial charge on any atom is -0.387 e. The maximum atomic E-state index is 10.9. The first kappa shape index (κ1) is 19.5. The molecule has 7 unspecified atom stereocenters. The lowest BCUT2D eigenvalue weighted by Crippen LogP contribution is -2.64. The van der Waals surface area contributed by atoms with Crippen molar-refractivity contribution in [2.75, 3.05) is 0 Å². The van der Waals surface area contributed by atoms with E-state index in [0.29, 0.717) is 0 Å². The van der Waals surface area contributed by atoms with Gasteiger partial charge in [-0.3, -0.25) is 9.05 Å². The van der Waals surface area contributed by atoms with Crippen LogP contribution in [0.5, 0.6) is 0 Å². The van der Waals surface area contributed by atoms with Gasteiger partial charge in [-0.25, -0.2) is 9.13 Å². The van der Waals surface area contributed by atoms with Crippen molar-refractivity contribution in [3.05, 3.63) is 0 Å². The molecule has 7 N–H and O–H groups in total. The Morgan fingerprint density at radius 1 is 0.714 bits per heavy atom. The van der Waals surface area contributed by atoms with E-state index >= 15 is 0 Å². The zero-order chi connectivity index (χ0) is 16.6. The van der Waals surface area contributed by atoms with E-state index < -0.39 is 52.3 Å². The van der Waals surface area contributed by atoms with Gasteiger partial charge in [0.1, 0.15) is 36.6 Å². The summed E-state index contributed by atoms with van der Waals surface area (Å²) in [5.74, 6) is 0. The maximum absolute atomic E-state index is 10.9. The first-order valence-corrected chi connectivity index (χ1v) is 8.78. The number of aliphatic hydroxyl groups is 3. The van der Waals surface area contributed by atoms with Gasteiger partial charge < -0.3 is 39.4 Å². The summed E-state index contributed by atoms with van der Waals surface area (Å²) >= 11 is 0. The van der Waals surface area contributed by atoms with E-state index in [0.717, 1.165) is 0 Å². The lowest BCUT2D eigenvalue weighted by Gasteiger charge is -2.44. The van der Waals surface area contributed by atoms with Gasteiger partial charge in [0, 0.05) is 9.47 Å². The smallest absolute Gasteiger partial charge is 0.387 e. The number of hydrogen-bond donors (Lipinski definition) is 7. The average Bonchev–Trinajstić information content (AvgIpc) is 2.29. The largest absolute Gasteiger partial charge is 0.470 e. The molecule has 126 valence electrons. The Morgan fingerprint density at radius 3 is 1.48 bits per heavy atom. The molecular weight excluding hydrogens is 357 g/mol. The first-order chi connectivity index (χ1) is 9.37. The van der Waals surface area contributed by atoms with E-state index in [1.54, 1.807) is 9.47 Å². The molecule has 0 aromatic heterocycles. The van der Waals surface area contributed by atoms with Crippen LogP contribution in [0.15, 0.2) is 0 Å². The molecule has 7 atom stereocenters. The second-order valence-electron chi connectivity index (χ2n) is 4.19. The number of aliphatic hydroxyl groups excluding tert-OH is 3. The molecule has 12 nitrogen and oxygen atoms in total. The zero-order valence-corrected chi connectivity index (χ0v) is 13.1. The van der Waals surface area contributed by atoms with Gasteiger partial charge in [-0.2, -0.15) is 0 Å². The fourth-order valence-electron chi connectivity index (χ4n) is 1.88. The van der Waals surface area contributed by atoms with Crippen LogP contribution in [0, 0.1) is 0 Å². The molecule has 0 aliphatic heterocycles. The molecule has 0 aromatic carbocycles. The molecule has 0 aromatic rings. The SMILES string of the molecule is O=P(O)(O)OC1C(O)C(O)C(O)C(OP)C1OP(=O)(O)O. The fraction of sp³-hybridized carbons (Fsp3) is 1.00. The molecule has 1 fully saturated rings. The number of phosphoric ester groups is 2. The van der Waals surface area contributed by atoms with Gasteiger partial charge >= 0.3 is 15.6 Å².